The zero-order valence-corrected chi connectivity index (χ0v) is 18.9. The van der Waals surface area contributed by atoms with Gasteiger partial charge in [0, 0.05) is 12.1 Å². The molecule has 0 unspecified atom stereocenters. The summed E-state index contributed by atoms with van der Waals surface area (Å²) >= 11 is 1.32. The minimum absolute atomic E-state index is 0.0495. The minimum Gasteiger partial charge on any atom is -0.497 e. The largest absolute Gasteiger partial charge is 0.497 e. The molecule has 0 saturated heterocycles. The normalized spacial score (nSPS) is 10.9. The molecule has 1 N–H and O–H groups in total. The van der Waals surface area contributed by atoms with Crippen LogP contribution in [0.2, 0.25) is 0 Å². The molecule has 0 bridgehead atoms. The lowest BCUT2D eigenvalue weighted by atomic mass is 10.1. The lowest BCUT2D eigenvalue weighted by Gasteiger charge is -2.06. The van der Waals surface area contributed by atoms with Crippen molar-refractivity contribution >= 4 is 23.3 Å². The number of carbonyl (C=O) groups excluding carboxylic acids is 1. The molecule has 0 atom stereocenters. The van der Waals surface area contributed by atoms with Crippen molar-refractivity contribution in [3.8, 4) is 17.0 Å². The quantitative estimate of drug-likeness (QED) is 0.393. The fourth-order valence-corrected chi connectivity index (χ4v) is 3.96. The predicted molar refractivity (Wildman–Crippen MR) is 126 cm³/mol. The summed E-state index contributed by atoms with van der Waals surface area (Å²) in [5.74, 6) is 1.02. The molecule has 8 heteroatoms. The van der Waals surface area contributed by atoms with Gasteiger partial charge in [-0.15, -0.1) is 10.2 Å². The Balaban J connectivity index is 1.34. The van der Waals surface area contributed by atoms with Crippen LogP contribution in [-0.4, -0.2) is 45.1 Å². The highest BCUT2D eigenvalue weighted by molar-refractivity contribution is 7.99. The smallest absolute Gasteiger partial charge is 0.230 e. The first kappa shape index (κ1) is 21.8. The van der Waals surface area contributed by atoms with E-state index >= 15 is 0 Å². The minimum atomic E-state index is -0.0495. The topological polar surface area (TPSA) is 81.4 Å². The molecule has 32 heavy (non-hydrogen) atoms. The number of hydrogen-bond donors (Lipinski definition) is 1. The van der Waals surface area contributed by atoms with Gasteiger partial charge < -0.3 is 10.1 Å². The number of aryl methyl sites for hydroxylation is 1. The van der Waals surface area contributed by atoms with Crippen LogP contribution in [0, 0.1) is 0 Å². The number of benzene rings is 2. The van der Waals surface area contributed by atoms with Gasteiger partial charge in [-0.25, -0.2) is 0 Å². The van der Waals surface area contributed by atoms with E-state index in [9.17, 15) is 4.79 Å². The second kappa shape index (κ2) is 10.3. The van der Waals surface area contributed by atoms with E-state index in [0.717, 1.165) is 35.4 Å². The van der Waals surface area contributed by atoms with Crippen LogP contribution in [0.1, 0.15) is 18.1 Å². The lowest BCUT2D eigenvalue weighted by Crippen LogP contribution is -2.27. The zero-order chi connectivity index (χ0) is 22.3. The molecule has 2 aromatic carbocycles. The second-order valence-electron chi connectivity index (χ2n) is 7.26. The highest BCUT2D eigenvalue weighted by Gasteiger charge is 2.11. The standard InChI is InChI=1S/C24H25N5O2S/c1-3-17-4-8-19(9-5-17)21-12-13-22-26-27-24(29(22)28-21)32-16-23(30)25-15-14-18-6-10-20(31-2)11-7-18/h4-13H,3,14-16H2,1-2H3,(H,25,30). The van der Waals surface area contributed by atoms with Crippen LogP contribution in [0.4, 0.5) is 0 Å². The van der Waals surface area contributed by atoms with Crippen molar-refractivity contribution in [2.24, 2.45) is 0 Å². The molecule has 2 aromatic heterocycles. The van der Waals surface area contributed by atoms with Crippen molar-refractivity contribution in [2.45, 2.75) is 24.9 Å². The summed E-state index contributed by atoms with van der Waals surface area (Å²) in [4.78, 5) is 12.3. The van der Waals surface area contributed by atoms with Gasteiger partial charge in [0.15, 0.2) is 5.65 Å². The summed E-state index contributed by atoms with van der Waals surface area (Å²) in [6.45, 7) is 2.71. The van der Waals surface area contributed by atoms with Crippen molar-refractivity contribution in [3.63, 3.8) is 0 Å². The maximum atomic E-state index is 12.3. The number of methoxy groups -OCH3 is 1. The Morgan fingerprint density at radius 1 is 1.00 bits per heavy atom. The maximum Gasteiger partial charge on any atom is 0.230 e. The van der Waals surface area contributed by atoms with E-state index in [0.29, 0.717) is 17.3 Å². The molecular weight excluding hydrogens is 422 g/mol. The molecular formula is C24H25N5O2S. The van der Waals surface area contributed by atoms with Crippen LogP contribution >= 0.6 is 11.8 Å². The molecule has 0 aliphatic carbocycles. The van der Waals surface area contributed by atoms with E-state index < -0.39 is 0 Å². The van der Waals surface area contributed by atoms with Crippen LogP contribution in [0.5, 0.6) is 5.75 Å². The molecule has 0 aliphatic heterocycles. The van der Waals surface area contributed by atoms with E-state index in [2.05, 4.69) is 51.8 Å². The fraction of sp³-hybridized carbons (Fsp3) is 0.250. The lowest BCUT2D eigenvalue weighted by molar-refractivity contribution is -0.118. The maximum absolute atomic E-state index is 12.3. The molecule has 0 fully saturated rings. The number of fused-ring (bicyclic) bond motifs is 1. The van der Waals surface area contributed by atoms with Crippen LogP contribution < -0.4 is 10.1 Å². The van der Waals surface area contributed by atoms with Crippen LogP contribution in [0.3, 0.4) is 0 Å². The van der Waals surface area contributed by atoms with Crippen LogP contribution in [0.15, 0.2) is 65.8 Å². The molecule has 1 amide bonds. The average molecular weight is 448 g/mol. The van der Waals surface area contributed by atoms with Gasteiger partial charge in [-0.3, -0.25) is 4.79 Å². The molecule has 0 aliphatic rings. The van der Waals surface area contributed by atoms with E-state index in [4.69, 9.17) is 4.74 Å². The molecule has 7 nitrogen and oxygen atoms in total. The number of aromatic nitrogens is 4. The summed E-state index contributed by atoms with van der Waals surface area (Å²) in [5.41, 5.74) is 4.95. The summed E-state index contributed by atoms with van der Waals surface area (Å²) in [7, 11) is 1.64. The summed E-state index contributed by atoms with van der Waals surface area (Å²) in [6, 6.07) is 20.0. The van der Waals surface area contributed by atoms with Gasteiger partial charge in [-0.2, -0.15) is 9.61 Å². The molecule has 0 spiro atoms. The van der Waals surface area contributed by atoms with Crippen molar-refractivity contribution in [1.29, 1.82) is 0 Å². The molecule has 164 valence electrons. The van der Waals surface area contributed by atoms with E-state index in [1.165, 1.54) is 17.3 Å². The molecule has 2 heterocycles. The SMILES string of the molecule is CCc1ccc(-c2ccc3nnc(SCC(=O)NCCc4ccc(OC)cc4)n3n2)cc1. The predicted octanol–water partition coefficient (Wildman–Crippen LogP) is 3.81. The summed E-state index contributed by atoms with van der Waals surface area (Å²) in [6.07, 6.45) is 1.76. The third-order valence-corrected chi connectivity index (χ3v) is 6.04. The average Bonchev–Trinajstić information content (AvgIpc) is 3.25. The Morgan fingerprint density at radius 3 is 2.47 bits per heavy atom. The Kier molecular flexibility index (Phi) is 7.01. The van der Waals surface area contributed by atoms with Gasteiger partial charge in [-0.1, -0.05) is 55.1 Å². The van der Waals surface area contributed by atoms with Crippen molar-refractivity contribution in [2.75, 3.05) is 19.4 Å². The number of hydrogen-bond acceptors (Lipinski definition) is 6. The van der Waals surface area contributed by atoms with E-state index in [1.54, 1.807) is 11.6 Å². The van der Waals surface area contributed by atoms with Crippen molar-refractivity contribution in [3.05, 3.63) is 71.8 Å². The fourth-order valence-electron chi connectivity index (χ4n) is 3.24. The highest BCUT2D eigenvalue weighted by Crippen LogP contribution is 2.21. The summed E-state index contributed by atoms with van der Waals surface area (Å²) < 4.78 is 6.85. The van der Waals surface area contributed by atoms with E-state index in [1.807, 2.05) is 36.4 Å². The second-order valence-corrected chi connectivity index (χ2v) is 8.20. The van der Waals surface area contributed by atoms with Gasteiger partial charge in [0.05, 0.1) is 18.6 Å². The Labute approximate surface area is 191 Å². The van der Waals surface area contributed by atoms with E-state index in [-0.39, 0.29) is 11.7 Å². The third kappa shape index (κ3) is 5.26. The van der Waals surface area contributed by atoms with Gasteiger partial charge in [-0.05, 0) is 48.2 Å². The first-order valence-corrected chi connectivity index (χ1v) is 11.5. The van der Waals surface area contributed by atoms with Gasteiger partial charge in [0.1, 0.15) is 5.75 Å². The molecule has 0 radical (unpaired) electrons. The first-order chi connectivity index (χ1) is 15.7. The number of thioether (sulfide) groups is 1. The molecule has 4 rings (SSSR count). The first-order valence-electron chi connectivity index (χ1n) is 10.5. The Bertz CT molecular complexity index is 1190. The van der Waals surface area contributed by atoms with Gasteiger partial charge in [0.25, 0.3) is 0 Å². The van der Waals surface area contributed by atoms with Gasteiger partial charge in [0.2, 0.25) is 11.1 Å². The van der Waals surface area contributed by atoms with Crippen LogP contribution in [0.25, 0.3) is 16.9 Å². The molecule has 0 saturated carbocycles. The van der Waals surface area contributed by atoms with Crippen molar-refractivity contribution < 1.29 is 9.53 Å². The number of rotatable bonds is 9. The zero-order valence-electron chi connectivity index (χ0n) is 18.1. The summed E-state index contributed by atoms with van der Waals surface area (Å²) in [5, 5.41) is 16.6. The Morgan fingerprint density at radius 2 is 1.75 bits per heavy atom. The molecule has 4 aromatic rings. The monoisotopic (exact) mass is 447 g/mol. The Hall–Kier alpha value is -3.39. The highest BCUT2D eigenvalue weighted by atomic mass is 32.2. The third-order valence-electron chi connectivity index (χ3n) is 5.12. The number of carbonyl (C=O) groups is 1. The van der Waals surface area contributed by atoms with Gasteiger partial charge >= 0.3 is 0 Å². The van der Waals surface area contributed by atoms with Crippen molar-refractivity contribution in [1.82, 2.24) is 25.1 Å². The number of ether oxygens (including phenoxy) is 1. The number of amides is 1. The number of nitrogens with one attached hydrogen (secondary N) is 1. The van der Waals surface area contributed by atoms with Crippen LogP contribution in [-0.2, 0) is 17.6 Å². The number of nitrogens with zero attached hydrogens (tertiary/aromatic N) is 4.